The lowest BCUT2D eigenvalue weighted by atomic mass is 10.4. The maximum absolute atomic E-state index is 11.9. The summed E-state index contributed by atoms with van der Waals surface area (Å²) < 4.78 is 3.45. The Kier molecular flexibility index (Phi) is 3.47. The van der Waals surface area contributed by atoms with Gasteiger partial charge in [0.05, 0.1) is 17.4 Å². The molecular weight excluding hydrogens is 330 g/mol. The minimum absolute atomic E-state index is 0.105. The third-order valence-electron chi connectivity index (χ3n) is 2.24. The van der Waals surface area contributed by atoms with Gasteiger partial charge in [-0.05, 0) is 0 Å². The summed E-state index contributed by atoms with van der Waals surface area (Å²) in [5, 5.41) is 4.37. The Morgan fingerprint density at radius 1 is 1.40 bits per heavy atom. The number of hydrogen-bond acceptors (Lipinski definition) is 3. The molecular formula is C8H10ClIN4O. The van der Waals surface area contributed by atoms with Gasteiger partial charge in [-0.3, -0.25) is 0 Å². The number of aromatic nitrogens is 2. The number of piperazine rings is 1. The highest BCUT2D eigenvalue weighted by Crippen LogP contribution is 2.10. The second kappa shape index (κ2) is 4.67. The van der Waals surface area contributed by atoms with Crippen LogP contribution in [0.3, 0.4) is 0 Å². The molecule has 0 aliphatic carbocycles. The quantitative estimate of drug-likeness (QED) is 0.530. The van der Waals surface area contributed by atoms with Gasteiger partial charge in [0.15, 0.2) is 0 Å². The van der Waals surface area contributed by atoms with Crippen molar-refractivity contribution in [2.45, 2.75) is 0 Å². The van der Waals surface area contributed by atoms with E-state index in [2.05, 4.69) is 31.1 Å². The van der Waals surface area contributed by atoms with E-state index in [9.17, 15) is 4.79 Å². The molecule has 0 radical (unpaired) electrons. The third-order valence-corrected chi connectivity index (χ3v) is 3.40. The van der Waals surface area contributed by atoms with Crippen LogP contribution in [0.5, 0.6) is 0 Å². The predicted octanol–water partition coefficient (Wildman–Crippen LogP) is 1.47. The highest BCUT2D eigenvalue weighted by atomic mass is 127. The maximum atomic E-state index is 11.9. The van der Waals surface area contributed by atoms with Crippen LogP contribution in [-0.4, -0.2) is 50.0 Å². The van der Waals surface area contributed by atoms with Crippen molar-refractivity contribution in [2.75, 3.05) is 26.2 Å². The Balaban J connectivity index is 2.02. The second-order valence-electron chi connectivity index (χ2n) is 3.28. The highest BCUT2D eigenvalue weighted by molar-refractivity contribution is 14.1. The monoisotopic (exact) mass is 340 g/mol. The average molecular weight is 341 g/mol. The summed E-state index contributed by atoms with van der Waals surface area (Å²) in [5.74, 6) is 0. The van der Waals surface area contributed by atoms with E-state index >= 15 is 0 Å². The zero-order valence-corrected chi connectivity index (χ0v) is 10.8. The molecule has 7 heteroatoms. The first-order valence-corrected chi connectivity index (χ1v) is 5.91. The molecule has 0 unspecified atom stereocenters. The third kappa shape index (κ3) is 2.61. The van der Waals surface area contributed by atoms with E-state index in [1.807, 2.05) is 0 Å². The Morgan fingerprint density at radius 2 is 2.07 bits per heavy atom. The highest BCUT2D eigenvalue weighted by Gasteiger charge is 2.21. The predicted molar refractivity (Wildman–Crippen MR) is 65.2 cm³/mol. The zero-order chi connectivity index (χ0) is 10.8. The van der Waals surface area contributed by atoms with Crippen LogP contribution >= 0.6 is 34.5 Å². The lowest BCUT2D eigenvalue weighted by Crippen LogP contribution is -2.46. The summed E-state index contributed by atoms with van der Waals surface area (Å²) in [5.41, 5.74) is 0. The van der Waals surface area contributed by atoms with Gasteiger partial charge in [-0.1, -0.05) is 11.6 Å². The Bertz CT molecular complexity index is 361. The number of halogens is 2. The van der Waals surface area contributed by atoms with Gasteiger partial charge in [0.25, 0.3) is 0 Å². The molecule has 1 aromatic heterocycles. The fraction of sp³-hybridized carbons (Fsp3) is 0.500. The van der Waals surface area contributed by atoms with Crippen molar-refractivity contribution in [2.24, 2.45) is 0 Å². The lowest BCUT2D eigenvalue weighted by molar-refractivity contribution is 0.178. The molecule has 1 aliphatic rings. The number of amides is 1. The first kappa shape index (κ1) is 11.2. The normalized spacial score (nSPS) is 18.1. The molecule has 0 spiro atoms. The molecule has 5 nitrogen and oxygen atoms in total. The van der Waals surface area contributed by atoms with Gasteiger partial charge in [0, 0.05) is 49.0 Å². The SMILES string of the molecule is O=C(N1CCN(I)CC1)n1cc(Cl)cn1. The number of nitrogens with zero attached hydrogens (tertiary/aromatic N) is 4. The Morgan fingerprint density at radius 3 is 2.60 bits per heavy atom. The van der Waals surface area contributed by atoms with Gasteiger partial charge in [-0.2, -0.15) is 9.78 Å². The van der Waals surface area contributed by atoms with Crippen LogP contribution < -0.4 is 0 Å². The fourth-order valence-electron chi connectivity index (χ4n) is 1.42. The summed E-state index contributed by atoms with van der Waals surface area (Å²) in [4.78, 5) is 13.6. The van der Waals surface area contributed by atoms with Gasteiger partial charge in [0.1, 0.15) is 0 Å². The van der Waals surface area contributed by atoms with E-state index in [1.165, 1.54) is 17.1 Å². The minimum atomic E-state index is -0.105. The summed E-state index contributed by atoms with van der Waals surface area (Å²) in [6.45, 7) is 3.25. The first-order chi connectivity index (χ1) is 7.16. The van der Waals surface area contributed by atoms with E-state index in [-0.39, 0.29) is 6.03 Å². The number of carbonyl (C=O) groups is 1. The first-order valence-electron chi connectivity index (χ1n) is 4.57. The van der Waals surface area contributed by atoms with E-state index in [4.69, 9.17) is 11.6 Å². The van der Waals surface area contributed by atoms with Gasteiger partial charge in [-0.15, -0.1) is 0 Å². The molecule has 1 aliphatic heterocycles. The molecule has 1 aromatic rings. The maximum Gasteiger partial charge on any atom is 0.344 e. The zero-order valence-electron chi connectivity index (χ0n) is 7.94. The molecule has 15 heavy (non-hydrogen) atoms. The summed E-state index contributed by atoms with van der Waals surface area (Å²) in [6, 6.07) is -0.105. The van der Waals surface area contributed by atoms with Gasteiger partial charge < -0.3 is 4.90 Å². The van der Waals surface area contributed by atoms with Crippen molar-refractivity contribution < 1.29 is 4.79 Å². The number of rotatable bonds is 0. The van der Waals surface area contributed by atoms with Gasteiger partial charge in [-0.25, -0.2) is 7.91 Å². The van der Waals surface area contributed by atoms with Crippen LogP contribution in [0.1, 0.15) is 0 Å². The van der Waals surface area contributed by atoms with Crippen molar-refractivity contribution >= 4 is 40.5 Å². The summed E-state index contributed by atoms with van der Waals surface area (Å²) >= 11 is 7.96. The van der Waals surface area contributed by atoms with Crippen LogP contribution in [0.4, 0.5) is 4.79 Å². The molecule has 82 valence electrons. The van der Waals surface area contributed by atoms with E-state index in [0.29, 0.717) is 5.02 Å². The van der Waals surface area contributed by atoms with Crippen molar-refractivity contribution in [3.05, 3.63) is 17.4 Å². The molecule has 0 atom stereocenters. The van der Waals surface area contributed by atoms with Crippen molar-refractivity contribution in [3.63, 3.8) is 0 Å². The van der Waals surface area contributed by atoms with Crippen LogP contribution in [0, 0.1) is 0 Å². The fourth-order valence-corrected chi connectivity index (χ4v) is 1.99. The summed E-state index contributed by atoms with van der Waals surface area (Å²) in [7, 11) is 0. The van der Waals surface area contributed by atoms with Crippen LogP contribution in [0.25, 0.3) is 0 Å². The van der Waals surface area contributed by atoms with Gasteiger partial charge >= 0.3 is 6.03 Å². The van der Waals surface area contributed by atoms with E-state index in [0.717, 1.165) is 26.2 Å². The van der Waals surface area contributed by atoms with Crippen molar-refractivity contribution in [1.82, 2.24) is 17.8 Å². The average Bonchev–Trinajstić information content (AvgIpc) is 2.65. The minimum Gasteiger partial charge on any atom is -0.320 e. The van der Waals surface area contributed by atoms with Crippen molar-refractivity contribution in [1.29, 1.82) is 0 Å². The van der Waals surface area contributed by atoms with Crippen LogP contribution in [0.2, 0.25) is 5.02 Å². The van der Waals surface area contributed by atoms with E-state index < -0.39 is 0 Å². The van der Waals surface area contributed by atoms with E-state index in [1.54, 1.807) is 4.90 Å². The molecule has 0 N–H and O–H groups in total. The molecule has 1 fully saturated rings. The Labute approximate surface area is 106 Å². The second-order valence-corrected chi connectivity index (χ2v) is 5.08. The van der Waals surface area contributed by atoms with Crippen molar-refractivity contribution in [3.8, 4) is 0 Å². The van der Waals surface area contributed by atoms with Crippen LogP contribution in [-0.2, 0) is 0 Å². The summed E-state index contributed by atoms with van der Waals surface area (Å²) in [6.07, 6.45) is 2.99. The molecule has 2 heterocycles. The molecule has 0 aromatic carbocycles. The standard InChI is InChI=1S/C8H10ClIN4O/c9-7-5-11-14(6-7)8(15)12-1-3-13(10)4-2-12/h5-6H,1-4H2. The molecule has 0 saturated carbocycles. The Hall–Kier alpha value is -0.340. The van der Waals surface area contributed by atoms with Crippen LogP contribution in [0.15, 0.2) is 12.4 Å². The number of hydrogen-bond donors (Lipinski definition) is 0. The topological polar surface area (TPSA) is 41.4 Å². The lowest BCUT2D eigenvalue weighted by Gasteiger charge is -2.30. The largest absolute Gasteiger partial charge is 0.344 e. The smallest absolute Gasteiger partial charge is 0.320 e. The molecule has 2 rings (SSSR count). The molecule has 1 amide bonds. The van der Waals surface area contributed by atoms with Gasteiger partial charge in [0.2, 0.25) is 0 Å². The number of carbonyl (C=O) groups excluding carboxylic acids is 1. The molecule has 1 saturated heterocycles. The molecule has 0 bridgehead atoms.